The van der Waals surface area contributed by atoms with Crippen molar-refractivity contribution in [1.29, 1.82) is 0 Å². The Labute approximate surface area is 71.7 Å². The highest BCUT2D eigenvalue weighted by Gasteiger charge is 2.15. The summed E-state index contributed by atoms with van der Waals surface area (Å²) in [5.74, 6) is 0. The summed E-state index contributed by atoms with van der Waals surface area (Å²) in [6.45, 7) is 0. The molecule has 0 aliphatic carbocycles. The summed E-state index contributed by atoms with van der Waals surface area (Å²) in [6, 6.07) is 1.27. The minimum Gasteiger partial charge on any atom is -0.347 e. The molecule has 6 heteroatoms. The van der Waals surface area contributed by atoms with Gasteiger partial charge >= 0.3 is 5.28 Å². The largest absolute Gasteiger partial charge is 0.438 e. The average Bonchev–Trinajstić information content (AvgIpc) is 1.82. The lowest BCUT2D eigenvalue weighted by Gasteiger charge is -1.89. The van der Waals surface area contributed by atoms with Crippen molar-refractivity contribution in [2.45, 2.75) is 0 Å². The smallest absolute Gasteiger partial charge is 0.347 e. The van der Waals surface area contributed by atoms with Crippen LogP contribution in [0.1, 0.15) is 0 Å². The van der Waals surface area contributed by atoms with E-state index < -0.39 is 0 Å². The molecule has 0 atom stereocenters. The molecule has 10 heavy (non-hydrogen) atoms. The normalized spacial score (nSPS) is 9.90. The highest BCUT2D eigenvalue weighted by Crippen LogP contribution is 2.11. The van der Waals surface area contributed by atoms with Gasteiger partial charge in [-0.1, -0.05) is 0 Å². The van der Waals surface area contributed by atoms with E-state index in [0.29, 0.717) is 4.73 Å². The zero-order valence-electron chi connectivity index (χ0n) is 4.55. The van der Waals surface area contributed by atoms with Crippen LogP contribution in [0, 0.1) is 0 Å². The van der Waals surface area contributed by atoms with Crippen LogP contribution in [0.5, 0.6) is 0 Å². The third-order valence-electron chi connectivity index (χ3n) is 0.814. The lowest BCUT2D eigenvalue weighted by atomic mass is 10.7. The number of nitrogens with zero attached hydrogens (tertiary/aromatic N) is 2. The molecule has 1 heterocycles. The Balaban J connectivity index is 3.31. The summed E-state index contributed by atoms with van der Waals surface area (Å²) < 4.78 is 0.523. The van der Waals surface area contributed by atoms with Crippen molar-refractivity contribution in [3.63, 3.8) is 0 Å². The van der Waals surface area contributed by atoms with Crippen molar-refractivity contribution < 1.29 is 9.94 Å². The zero-order valence-corrected chi connectivity index (χ0v) is 6.82. The molecule has 1 aromatic rings. The average molecular weight is 200 g/mol. The van der Waals surface area contributed by atoms with E-state index in [1.165, 1.54) is 6.07 Å². The van der Waals surface area contributed by atoms with Gasteiger partial charge in [0.2, 0.25) is 10.3 Å². The molecule has 0 unspecified atom stereocenters. The molecule has 0 aliphatic rings. The van der Waals surface area contributed by atoms with Gasteiger partial charge in [-0.15, -0.1) is 0 Å². The quantitative estimate of drug-likeness (QED) is 0.299. The maximum absolute atomic E-state index is 8.86. The lowest BCUT2D eigenvalue weighted by molar-refractivity contribution is -0.903. The molecule has 1 aromatic heterocycles. The van der Waals surface area contributed by atoms with Crippen LogP contribution < -0.4 is 4.73 Å². The van der Waals surface area contributed by atoms with Gasteiger partial charge in [0.15, 0.2) is 0 Å². The Morgan fingerprint density at radius 2 is 2.00 bits per heavy atom. The number of hydrogen-bond acceptors (Lipinski definition) is 2. The van der Waals surface area contributed by atoms with Crippen LogP contribution in [0.15, 0.2) is 6.07 Å². The monoisotopic (exact) mass is 199 g/mol. The van der Waals surface area contributed by atoms with Crippen molar-refractivity contribution in [3.8, 4) is 0 Å². The minimum absolute atomic E-state index is 0.0185. The fourth-order valence-corrected chi connectivity index (χ4v) is 1.11. The first-order valence-electron chi connectivity index (χ1n) is 2.24. The summed E-state index contributed by atoms with van der Waals surface area (Å²) in [6.07, 6.45) is 0. The van der Waals surface area contributed by atoms with Crippen molar-refractivity contribution in [3.05, 3.63) is 21.7 Å². The third kappa shape index (κ3) is 1.42. The zero-order chi connectivity index (χ0) is 7.72. The Kier molecular flexibility index (Phi) is 2.18. The Hall–Kier alpha value is -0.250. The van der Waals surface area contributed by atoms with E-state index in [-0.39, 0.29) is 15.6 Å². The van der Waals surface area contributed by atoms with Crippen LogP contribution in [-0.4, -0.2) is 10.2 Å². The van der Waals surface area contributed by atoms with E-state index >= 15 is 0 Å². The van der Waals surface area contributed by atoms with Crippen molar-refractivity contribution in [2.24, 2.45) is 0 Å². The van der Waals surface area contributed by atoms with Crippen LogP contribution in [0.2, 0.25) is 15.6 Å². The van der Waals surface area contributed by atoms with Gasteiger partial charge in [-0.2, -0.15) is 0 Å². The molecule has 1 N–H and O–H groups in total. The Morgan fingerprint density at radius 1 is 1.40 bits per heavy atom. The molecule has 0 spiro atoms. The molecule has 0 amide bonds. The summed E-state index contributed by atoms with van der Waals surface area (Å²) in [5, 5.41) is 8.85. The van der Waals surface area contributed by atoms with Crippen LogP contribution in [-0.2, 0) is 0 Å². The SMILES string of the molecule is O[n+]1c(Cl)cc(Cl)nc1Cl. The molecule has 0 saturated heterocycles. The van der Waals surface area contributed by atoms with Gasteiger partial charge < -0.3 is 5.21 Å². The van der Waals surface area contributed by atoms with Crippen molar-refractivity contribution in [1.82, 2.24) is 4.98 Å². The van der Waals surface area contributed by atoms with E-state index in [0.717, 1.165) is 0 Å². The maximum atomic E-state index is 8.86. The molecule has 0 bridgehead atoms. The van der Waals surface area contributed by atoms with Crippen molar-refractivity contribution >= 4 is 34.8 Å². The number of hydrogen-bond donors (Lipinski definition) is 1. The van der Waals surface area contributed by atoms with Crippen LogP contribution in [0.3, 0.4) is 0 Å². The van der Waals surface area contributed by atoms with Crippen LogP contribution in [0.25, 0.3) is 0 Å². The number of aromatic nitrogens is 2. The molecule has 3 nitrogen and oxygen atoms in total. The maximum Gasteiger partial charge on any atom is 0.438 e. The second-order valence-electron chi connectivity index (χ2n) is 1.48. The molecular formula is C4H2Cl3N2O+. The number of rotatable bonds is 0. The highest BCUT2D eigenvalue weighted by molar-refractivity contribution is 6.34. The van der Waals surface area contributed by atoms with Gasteiger partial charge in [-0.3, -0.25) is 0 Å². The first-order valence-corrected chi connectivity index (χ1v) is 3.37. The fourth-order valence-electron chi connectivity index (χ4n) is 0.415. The minimum atomic E-state index is -0.169. The first kappa shape index (κ1) is 7.85. The molecule has 0 aromatic carbocycles. The van der Waals surface area contributed by atoms with Gasteiger partial charge in [0, 0.05) is 11.6 Å². The third-order valence-corrected chi connectivity index (χ3v) is 1.52. The molecule has 0 aliphatic heterocycles. The Morgan fingerprint density at radius 3 is 2.50 bits per heavy atom. The second-order valence-corrected chi connectivity index (χ2v) is 2.59. The predicted octanol–water partition coefficient (Wildman–Crippen LogP) is 1.57. The summed E-state index contributed by atoms with van der Waals surface area (Å²) >= 11 is 16.2. The predicted molar refractivity (Wildman–Crippen MR) is 36.6 cm³/mol. The molecular weight excluding hydrogens is 198 g/mol. The Bertz CT molecular complexity index is 242. The van der Waals surface area contributed by atoms with Crippen LogP contribution >= 0.6 is 34.8 Å². The second kappa shape index (κ2) is 2.78. The van der Waals surface area contributed by atoms with E-state index in [9.17, 15) is 0 Å². The lowest BCUT2D eigenvalue weighted by Crippen LogP contribution is -2.33. The van der Waals surface area contributed by atoms with E-state index in [1.807, 2.05) is 0 Å². The first-order chi connectivity index (χ1) is 4.61. The van der Waals surface area contributed by atoms with Crippen LogP contribution in [0.4, 0.5) is 0 Å². The molecule has 0 radical (unpaired) electrons. The van der Waals surface area contributed by atoms with Gasteiger partial charge in [0.1, 0.15) is 0 Å². The standard InChI is InChI=1S/C4H2Cl3N2O/c5-2-1-3(6)9(10)4(7)8-2/h1,10H/q+1. The van der Waals surface area contributed by atoms with Gasteiger partial charge in [0.05, 0.1) is 6.07 Å². The van der Waals surface area contributed by atoms with Crippen molar-refractivity contribution in [2.75, 3.05) is 0 Å². The number of halogens is 3. The van der Waals surface area contributed by atoms with Gasteiger partial charge in [0.25, 0.3) is 0 Å². The topological polar surface area (TPSA) is 37.0 Å². The molecule has 1 rings (SSSR count). The molecule has 54 valence electrons. The molecule has 0 saturated carbocycles. The van der Waals surface area contributed by atoms with Gasteiger partial charge in [-0.05, 0) is 32.9 Å². The highest BCUT2D eigenvalue weighted by atomic mass is 35.5. The van der Waals surface area contributed by atoms with E-state index in [1.54, 1.807) is 0 Å². The summed E-state index contributed by atoms with van der Waals surface area (Å²) in [5.41, 5.74) is 0. The summed E-state index contributed by atoms with van der Waals surface area (Å²) in [4.78, 5) is 3.49. The summed E-state index contributed by atoms with van der Waals surface area (Å²) in [7, 11) is 0. The van der Waals surface area contributed by atoms with E-state index in [2.05, 4.69) is 4.98 Å². The fraction of sp³-hybridized carbons (Fsp3) is 0. The van der Waals surface area contributed by atoms with E-state index in [4.69, 9.17) is 40.0 Å². The molecule has 0 fully saturated rings. The van der Waals surface area contributed by atoms with Gasteiger partial charge in [-0.25, -0.2) is 0 Å².